The second-order valence-electron chi connectivity index (χ2n) is 3.31. The quantitative estimate of drug-likeness (QED) is 0.763. The molecule has 16 heavy (non-hydrogen) atoms. The summed E-state index contributed by atoms with van der Waals surface area (Å²) in [6.07, 6.45) is 6.19. The molecule has 0 aliphatic rings. The number of carboxylic acids is 1. The second kappa shape index (κ2) is 5.76. The van der Waals surface area contributed by atoms with Crippen LogP contribution in [0.3, 0.4) is 0 Å². The molecule has 1 N–H and O–H groups in total. The molecule has 0 bridgehead atoms. The van der Waals surface area contributed by atoms with Crippen molar-refractivity contribution < 1.29 is 9.90 Å². The SMILES string of the molecule is C#CCN(CCC)c1cccc(C(=O)O)n1. The van der Waals surface area contributed by atoms with Gasteiger partial charge in [0.1, 0.15) is 5.82 Å². The first-order valence-corrected chi connectivity index (χ1v) is 5.07. The first-order chi connectivity index (χ1) is 7.69. The van der Waals surface area contributed by atoms with Crippen molar-refractivity contribution in [1.29, 1.82) is 0 Å². The van der Waals surface area contributed by atoms with Crippen LogP contribution in [0, 0.1) is 12.3 Å². The average molecular weight is 218 g/mol. The predicted octanol–water partition coefficient (Wildman–Crippen LogP) is 1.63. The number of hydrogen-bond donors (Lipinski definition) is 1. The maximum Gasteiger partial charge on any atom is 0.354 e. The first kappa shape index (κ1) is 12.1. The van der Waals surface area contributed by atoms with Crippen molar-refractivity contribution >= 4 is 11.8 Å². The summed E-state index contributed by atoms with van der Waals surface area (Å²) in [4.78, 5) is 16.7. The third-order valence-corrected chi connectivity index (χ3v) is 2.05. The molecule has 0 atom stereocenters. The van der Waals surface area contributed by atoms with Crippen LogP contribution in [0.25, 0.3) is 0 Å². The molecule has 4 nitrogen and oxygen atoms in total. The molecule has 0 unspecified atom stereocenters. The van der Waals surface area contributed by atoms with Gasteiger partial charge in [-0.2, -0.15) is 0 Å². The molecule has 0 fully saturated rings. The van der Waals surface area contributed by atoms with Crippen LogP contribution in [0.2, 0.25) is 0 Å². The van der Waals surface area contributed by atoms with Crippen LogP contribution in [0.1, 0.15) is 23.8 Å². The lowest BCUT2D eigenvalue weighted by molar-refractivity contribution is 0.0690. The lowest BCUT2D eigenvalue weighted by Gasteiger charge is -2.20. The number of carbonyl (C=O) groups is 1. The molecular formula is C12H14N2O2. The Morgan fingerprint density at radius 1 is 1.62 bits per heavy atom. The second-order valence-corrected chi connectivity index (χ2v) is 3.31. The van der Waals surface area contributed by atoms with E-state index in [0.717, 1.165) is 13.0 Å². The highest BCUT2D eigenvalue weighted by molar-refractivity contribution is 5.85. The molecule has 1 aromatic heterocycles. The Morgan fingerprint density at radius 2 is 2.38 bits per heavy atom. The molecule has 0 radical (unpaired) electrons. The van der Waals surface area contributed by atoms with Crippen LogP contribution in [0.5, 0.6) is 0 Å². The lowest BCUT2D eigenvalue weighted by Crippen LogP contribution is -2.25. The van der Waals surface area contributed by atoms with Crippen LogP contribution in [-0.2, 0) is 0 Å². The monoisotopic (exact) mass is 218 g/mol. The van der Waals surface area contributed by atoms with Gasteiger partial charge < -0.3 is 10.0 Å². The van der Waals surface area contributed by atoms with Gasteiger partial charge in [-0.15, -0.1) is 6.42 Å². The summed E-state index contributed by atoms with van der Waals surface area (Å²) in [5, 5.41) is 8.83. The third kappa shape index (κ3) is 2.99. The number of aromatic carboxylic acids is 1. The minimum absolute atomic E-state index is 0.0376. The topological polar surface area (TPSA) is 53.4 Å². The molecule has 0 saturated heterocycles. The van der Waals surface area contributed by atoms with E-state index in [1.165, 1.54) is 6.07 Å². The summed E-state index contributed by atoms with van der Waals surface area (Å²) in [5.41, 5.74) is 0.0376. The smallest absolute Gasteiger partial charge is 0.354 e. The number of nitrogens with zero attached hydrogens (tertiary/aromatic N) is 2. The van der Waals surface area contributed by atoms with Gasteiger partial charge in [0.05, 0.1) is 6.54 Å². The van der Waals surface area contributed by atoms with E-state index in [1.54, 1.807) is 12.1 Å². The van der Waals surface area contributed by atoms with Crippen molar-refractivity contribution in [3.8, 4) is 12.3 Å². The third-order valence-electron chi connectivity index (χ3n) is 2.05. The number of anilines is 1. The van der Waals surface area contributed by atoms with Crippen molar-refractivity contribution in [2.75, 3.05) is 18.0 Å². The molecule has 0 saturated carbocycles. The van der Waals surface area contributed by atoms with E-state index >= 15 is 0 Å². The predicted molar refractivity (Wildman–Crippen MR) is 62.5 cm³/mol. The fourth-order valence-corrected chi connectivity index (χ4v) is 1.37. The van der Waals surface area contributed by atoms with Crippen LogP contribution >= 0.6 is 0 Å². The Labute approximate surface area is 94.9 Å². The van der Waals surface area contributed by atoms with Gasteiger partial charge in [0, 0.05) is 6.54 Å². The number of pyridine rings is 1. The summed E-state index contributed by atoms with van der Waals surface area (Å²) in [6, 6.07) is 4.90. The molecule has 1 rings (SSSR count). The van der Waals surface area contributed by atoms with Gasteiger partial charge >= 0.3 is 5.97 Å². The van der Waals surface area contributed by atoms with E-state index in [4.69, 9.17) is 11.5 Å². The molecule has 0 aliphatic heterocycles. The molecular weight excluding hydrogens is 204 g/mol. The van der Waals surface area contributed by atoms with Crippen molar-refractivity contribution in [2.24, 2.45) is 0 Å². The highest BCUT2D eigenvalue weighted by Gasteiger charge is 2.09. The van der Waals surface area contributed by atoms with Gasteiger partial charge in [-0.25, -0.2) is 9.78 Å². The zero-order chi connectivity index (χ0) is 12.0. The Morgan fingerprint density at radius 3 is 2.94 bits per heavy atom. The van der Waals surface area contributed by atoms with E-state index in [2.05, 4.69) is 10.9 Å². The lowest BCUT2D eigenvalue weighted by atomic mass is 10.3. The van der Waals surface area contributed by atoms with Gasteiger partial charge in [0.15, 0.2) is 5.69 Å². The number of hydrogen-bond acceptors (Lipinski definition) is 3. The Hall–Kier alpha value is -2.02. The summed E-state index contributed by atoms with van der Waals surface area (Å²) in [7, 11) is 0. The zero-order valence-corrected chi connectivity index (χ0v) is 9.18. The number of carboxylic acid groups (broad SMARTS) is 1. The summed E-state index contributed by atoms with van der Waals surface area (Å²) in [5.74, 6) is 2.12. The van der Waals surface area contributed by atoms with E-state index < -0.39 is 5.97 Å². The minimum Gasteiger partial charge on any atom is -0.477 e. The van der Waals surface area contributed by atoms with E-state index in [-0.39, 0.29) is 5.69 Å². The molecule has 4 heteroatoms. The molecule has 0 spiro atoms. The summed E-state index contributed by atoms with van der Waals surface area (Å²) < 4.78 is 0. The largest absolute Gasteiger partial charge is 0.477 e. The standard InChI is InChI=1S/C12H14N2O2/c1-3-8-14(9-4-2)11-7-5-6-10(13-11)12(15)16/h1,5-7H,4,8-9H2,2H3,(H,15,16). The van der Waals surface area contributed by atoms with E-state index in [1.807, 2.05) is 11.8 Å². The van der Waals surface area contributed by atoms with E-state index in [0.29, 0.717) is 12.4 Å². The number of aromatic nitrogens is 1. The zero-order valence-electron chi connectivity index (χ0n) is 9.18. The number of rotatable bonds is 5. The normalized spacial score (nSPS) is 9.50. The van der Waals surface area contributed by atoms with Crippen LogP contribution in [0.4, 0.5) is 5.82 Å². The summed E-state index contributed by atoms with van der Waals surface area (Å²) >= 11 is 0. The van der Waals surface area contributed by atoms with Crippen molar-refractivity contribution in [3.05, 3.63) is 23.9 Å². The molecule has 0 amide bonds. The van der Waals surface area contributed by atoms with Gasteiger partial charge in [0.25, 0.3) is 0 Å². The molecule has 0 aromatic carbocycles. The van der Waals surface area contributed by atoms with Gasteiger partial charge in [0.2, 0.25) is 0 Å². The van der Waals surface area contributed by atoms with Gasteiger partial charge in [-0.3, -0.25) is 0 Å². The molecule has 1 heterocycles. The highest BCUT2D eigenvalue weighted by atomic mass is 16.4. The first-order valence-electron chi connectivity index (χ1n) is 5.07. The number of terminal acetylenes is 1. The summed E-state index contributed by atoms with van der Waals surface area (Å²) in [6.45, 7) is 3.23. The molecule has 84 valence electrons. The van der Waals surface area contributed by atoms with Crippen molar-refractivity contribution in [3.63, 3.8) is 0 Å². The molecule has 0 aliphatic carbocycles. The Bertz CT molecular complexity index is 410. The highest BCUT2D eigenvalue weighted by Crippen LogP contribution is 2.11. The Balaban J connectivity index is 2.96. The van der Waals surface area contributed by atoms with Crippen molar-refractivity contribution in [2.45, 2.75) is 13.3 Å². The minimum atomic E-state index is -1.03. The fourth-order valence-electron chi connectivity index (χ4n) is 1.37. The van der Waals surface area contributed by atoms with Crippen LogP contribution in [0.15, 0.2) is 18.2 Å². The van der Waals surface area contributed by atoms with Crippen molar-refractivity contribution in [1.82, 2.24) is 4.98 Å². The maximum absolute atomic E-state index is 10.8. The fraction of sp³-hybridized carbons (Fsp3) is 0.333. The molecule has 1 aromatic rings. The van der Waals surface area contributed by atoms with E-state index in [9.17, 15) is 4.79 Å². The average Bonchev–Trinajstić information content (AvgIpc) is 2.29. The maximum atomic E-state index is 10.8. The van der Waals surface area contributed by atoms with Gasteiger partial charge in [-0.1, -0.05) is 18.9 Å². The van der Waals surface area contributed by atoms with Crippen LogP contribution < -0.4 is 4.90 Å². The van der Waals surface area contributed by atoms with Crippen LogP contribution in [-0.4, -0.2) is 29.1 Å². The van der Waals surface area contributed by atoms with Gasteiger partial charge in [-0.05, 0) is 18.6 Å². The Kier molecular flexibility index (Phi) is 4.34.